The van der Waals surface area contributed by atoms with Crippen LogP contribution in [0.25, 0.3) is 5.69 Å². The van der Waals surface area contributed by atoms with Crippen LogP contribution in [0.2, 0.25) is 5.02 Å². The zero-order valence-corrected chi connectivity index (χ0v) is 10.9. The summed E-state index contributed by atoms with van der Waals surface area (Å²) in [5, 5.41) is 15.9. The average molecular weight is 264 g/mol. The number of aryl methyl sites for hydroxylation is 1. The van der Waals surface area contributed by atoms with E-state index in [1.54, 1.807) is 4.68 Å². The molecular weight excluding hydrogens is 250 g/mol. The standard InChI is InChI=1S/C12H14ClN5/c1-8-2-3-9(13)6-11(8)18-12(15-16-17-18)7-14-10-4-5-10/h2-3,6,10,14H,4-5,7H2,1H3. The summed E-state index contributed by atoms with van der Waals surface area (Å²) in [7, 11) is 0. The average Bonchev–Trinajstić information content (AvgIpc) is 3.08. The van der Waals surface area contributed by atoms with E-state index in [1.807, 2.05) is 25.1 Å². The zero-order chi connectivity index (χ0) is 12.5. The van der Waals surface area contributed by atoms with Crippen molar-refractivity contribution >= 4 is 11.6 Å². The maximum absolute atomic E-state index is 6.03. The predicted molar refractivity (Wildman–Crippen MR) is 68.8 cm³/mol. The first-order chi connectivity index (χ1) is 8.74. The minimum absolute atomic E-state index is 0.635. The molecule has 1 aliphatic carbocycles. The van der Waals surface area contributed by atoms with Crippen molar-refractivity contribution in [3.8, 4) is 5.69 Å². The molecule has 6 heteroatoms. The Hall–Kier alpha value is -1.46. The van der Waals surface area contributed by atoms with Crippen molar-refractivity contribution in [2.24, 2.45) is 0 Å². The number of rotatable bonds is 4. The fraction of sp³-hybridized carbons (Fsp3) is 0.417. The van der Waals surface area contributed by atoms with E-state index < -0.39 is 0 Å². The van der Waals surface area contributed by atoms with Gasteiger partial charge in [0.1, 0.15) is 0 Å². The Bertz CT molecular complexity index is 561. The fourth-order valence-electron chi connectivity index (χ4n) is 1.84. The number of nitrogens with zero attached hydrogens (tertiary/aromatic N) is 4. The molecule has 0 unspecified atom stereocenters. The third-order valence-electron chi connectivity index (χ3n) is 3.06. The predicted octanol–water partition coefficient (Wildman–Crippen LogP) is 1.88. The molecule has 0 bridgehead atoms. The molecule has 1 aliphatic rings. The van der Waals surface area contributed by atoms with Gasteiger partial charge in [0.15, 0.2) is 5.82 Å². The molecule has 1 aromatic heterocycles. The first kappa shape index (κ1) is 11.6. The van der Waals surface area contributed by atoms with E-state index in [2.05, 4.69) is 20.8 Å². The monoisotopic (exact) mass is 263 g/mol. The Labute approximate surface area is 110 Å². The lowest BCUT2D eigenvalue weighted by molar-refractivity contribution is 0.637. The molecule has 5 nitrogen and oxygen atoms in total. The van der Waals surface area contributed by atoms with Gasteiger partial charge in [-0.25, -0.2) is 0 Å². The van der Waals surface area contributed by atoms with E-state index in [0.29, 0.717) is 17.6 Å². The molecule has 1 N–H and O–H groups in total. The summed E-state index contributed by atoms with van der Waals surface area (Å²) in [6.45, 7) is 2.70. The molecule has 0 aliphatic heterocycles. The molecule has 0 amide bonds. The summed E-state index contributed by atoms with van der Waals surface area (Å²) in [5.74, 6) is 0.812. The molecule has 0 saturated heterocycles. The highest BCUT2D eigenvalue weighted by Gasteiger charge is 2.21. The fourth-order valence-corrected chi connectivity index (χ4v) is 2.00. The summed E-state index contributed by atoms with van der Waals surface area (Å²) < 4.78 is 1.75. The summed E-state index contributed by atoms with van der Waals surface area (Å²) in [6.07, 6.45) is 2.50. The first-order valence-corrected chi connectivity index (χ1v) is 6.39. The van der Waals surface area contributed by atoms with Gasteiger partial charge in [0.25, 0.3) is 0 Å². The van der Waals surface area contributed by atoms with Crippen LogP contribution in [-0.4, -0.2) is 26.2 Å². The second kappa shape index (κ2) is 4.66. The van der Waals surface area contributed by atoms with E-state index in [0.717, 1.165) is 17.1 Å². The van der Waals surface area contributed by atoms with Crippen LogP contribution in [0.5, 0.6) is 0 Å². The van der Waals surface area contributed by atoms with Gasteiger partial charge in [-0.1, -0.05) is 17.7 Å². The topological polar surface area (TPSA) is 55.6 Å². The van der Waals surface area contributed by atoms with Crippen LogP contribution in [0.3, 0.4) is 0 Å². The van der Waals surface area contributed by atoms with Crippen molar-refractivity contribution in [2.75, 3.05) is 0 Å². The van der Waals surface area contributed by atoms with Crippen molar-refractivity contribution in [1.29, 1.82) is 0 Å². The number of hydrogen-bond donors (Lipinski definition) is 1. The van der Waals surface area contributed by atoms with Crippen molar-refractivity contribution < 1.29 is 0 Å². The van der Waals surface area contributed by atoms with E-state index in [4.69, 9.17) is 11.6 Å². The number of halogens is 1. The Morgan fingerprint density at radius 2 is 2.28 bits per heavy atom. The highest BCUT2D eigenvalue weighted by Crippen LogP contribution is 2.21. The number of aromatic nitrogens is 4. The van der Waals surface area contributed by atoms with Crippen molar-refractivity contribution in [3.05, 3.63) is 34.6 Å². The molecule has 0 atom stereocenters. The molecule has 18 heavy (non-hydrogen) atoms. The van der Waals surface area contributed by atoms with Gasteiger partial charge in [-0.3, -0.25) is 0 Å². The van der Waals surface area contributed by atoms with Crippen LogP contribution in [0.1, 0.15) is 24.2 Å². The third kappa shape index (κ3) is 2.37. The molecule has 1 aromatic carbocycles. The second-order valence-corrected chi connectivity index (χ2v) is 5.03. The molecule has 94 valence electrons. The summed E-state index contributed by atoms with van der Waals surface area (Å²) in [4.78, 5) is 0. The molecule has 0 spiro atoms. The highest BCUT2D eigenvalue weighted by molar-refractivity contribution is 6.30. The molecule has 2 aromatic rings. The van der Waals surface area contributed by atoms with Crippen molar-refractivity contribution in [2.45, 2.75) is 32.4 Å². The Morgan fingerprint density at radius 1 is 1.44 bits per heavy atom. The van der Waals surface area contributed by atoms with Crippen LogP contribution in [0.4, 0.5) is 0 Å². The first-order valence-electron chi connectivity index (χ1n) is 6.01. The van der Waals surface area contributed by atoms with Crippen LogP contribution >= 0.6 is 11.6 Å². The normalized spacial score (nSPS) is 15.0. The van der Waals surface area contributed by atoms with Gasteiger partial charge in [-0.05, 0) is 47.9 Å². The van der Waals surface area contributed by atoms with Crippen LogP contribution in [0.15, 0.2) is 18.2 Å². The lowest BCUT2D eigenvalue weighted by atomic mass is 10.2. The summed E-state index contributed by atoms with van der Waals surface area (Å²) >= 11 is 6.03. The lowest BCUT2D eigenvalue weighted by Gasteiger charge is -2.08. The Balaban J connectivity index is 1.90. The maximum atomic E-state index is 6.03. The molecule has 1 saturated carbocycles. The quantitative estimate of drug-likeness (QED) is 0.915. The number of tetrazole rings is 1. The summed E-state index contributed by atoms with van der Waals surface area (Å²) in [6, 6.07) is 6.36. The van der Waals surface area contributed by atoms with Gasteiger partial charge in [-0.15, -0.1) is 5.10 Å². The van der Waals surface area contributed by atoms with Crippen LogP contribution in [0, 0.1) is 6.92 Å². The van der Waals surface area contributed by atoms with Gasteiger partial charge >= 0.3 is 0 Å². The molecule has 0 radical (unpaired) electrons. The minimum atomic E-state index is 0.635. The molecule has 3 rings (SSSR count). The Kier molecular flexibility index (Phi) is 3.01. The van der Waals surface area contributed by atoms with Gasteiger partial charge in [0, 0.05) is 11.1 Å². The van der Waals surface area contributed by atoms with Crippen LogP contribution in [-0.2, 0) is 6.54 Å². The molecular formula is C12H14ClN5. The number of hydrogen-bond acceptors (Lipinski definition) is 4. The van der Waals surface area contributed by atoms with Gasteiger partial charge < -0.3 is 5.32 Å². The Morgan fingerprint density at radius 3 is 3.06 bits per heavy atom. The highest BCUT2D eigenvalue weighted by atomic mass is 35.5. The third-order valence-corrected chi connectivity index (χ3v) is 3.29. The minimum Gasteiger partial charge on any atom is -0.307 e. The van der Waals surface area contributed by atoms with Gasteiger partial charge in [0.05, 0.1) is 12.2 Å². The summed E-state index contributed by atoms with van der Waals surface area (Å²) in [5.41, 5.74) is 2.03. The van der Waals surface area contributed by atoms with E-state index >= 15 is 0 Å². The smallest absolute Gasteiger partial charge is 0.170 e. The largest absolute Gasteiger partial charge is 0.307 e. The van der Waals surface area contributed by atoms with Gasteiger partial charge in [0.2, 0.25) is 0 Å². The van der Waals surface area contributed by atoms with E-state index in [1.165, 1.54) is 12.8 Å². The van der Waals surface area contributed by atoms with Crippen molar-refractivity contribution in [1.82, 2.24) is 25.5 Å². The SMILES string of the molecule is Cc1ccc(Cl)cc1-n1nnnc1CNC1CC1. The number of nitrogens with one attached hydrogen (secondary N) is 1. The van der Waals surface area contributed by atoms with Crippen molar-refractivity contribution in [3.63, 3.8) is 0 Å². The van der Waals surface area contributed by atoms with Gasteiger partial charge in [-0.2, -0.15) is 4.68 Å². The van der Waals surface area contributed by atoms with Crippen LogP contribution < -0.4 is 5.32 Å². The zero-order valence-electron chi connectivity index (χ0n) is 10.1. The second-order valence-electron chi connectivity index (χ2n) is 4.59. The van der Waals surface area contributed by atoms with E-state index in [9.17, 15) is 0 Å². The molecule has 1 heterocycles. The lowest BCUT2D eigenvalue weighted by Crippen LogP contribution is -2.19. The maximum Gasteiger partial charge on any atom is 0.170 e. The molecule has 1 fully saturated rings. The van der Waals surface area contributed by atoms with E-state index in [-0.39, 0.29) is 0 Å². The number of benzene rings is 1.